The third-order valence-corrected chi connectivity index (χ3v) is 4.44. The second-order valence-corrected chi connectivity index (χ2v) is 7.87. The number of nitrogens with zero attached hydrogens (tertiary/aromatic N) is 1. The van der Waals surface area contributed by atoms with Crippen molar-refractivity contribution in [1.82, 2.24) is 10.7 Å². The summed E-state index contributed by atoms with van der Waals surface area (Å²) in [5, 5.41) is 6.67. The van der Waals surface area contributed by atoms with E-state index >= 15 is 0 Å². The van der Waals surface area contributed by atoms with Gasteiger partial charge in [-0.15, -0.1) is 0 Å². The second kappa shape index (κ2) is 12.8. The Labute approximate surface area is 193 Å². The molecule has 0 aliphatic rings. The van der Waals surface area contributed by atoms with Gasteiger partial charge >= 0.3 is 0 Å². The number of aryl methyl sites for hydroxylation is 1. The lowest BCUT2D eigenvalue weighted by Crippen LogP contribution is -2.47. The normalized spacial score (nSPS) is 11.8. The van der Waals surface area contributed by atoms with Crippen molar-refractivity contribution < 1.29 is 23.9 Å². The summed E-state index contributed by atoms with van der Waals surface area (Å²) in [4.78, 5) is 35.8. The fourth-order valence-corrected chi connectivity index (χ4v) is 2.89. The SMILES string of the molecule is Cc1ccccc1OCC(=O)N[C@H](CC(C)C)C(=O)N/N=C\c1cccc(OCC(N)=O)c1. The second-order valence-electron chi connectivity index (χ2n) is 7.87. The molecule has 0 unspecified atom stereocenters. The van der Waals surface area contributed by atoms with Gasteiger partial charge in [-0.05, 0) is 48.6 Å². The largest absolute Gasteiger partial charge is 0.484 e. The standard InChI is InChI=1S/C24H30N4O5/c1-16(2)11-20(27-23(30)15-33-21-10-5-4-7-17(21)3)24(31)28-26-13-18-8-6-9-19(12-18)32-14-22(25)29/h4-10,12-13,16,20H,11,14-15H2,1-3H3,(H2,25,29)(H,27,30)(H,28,31)/b26-13-/t20-/m1/s1. The van der Waals surface area contributed by atoms with E-state index in [2.05, 4.69) is 15.8 Å². The number of amides is 3. The number of primary amides is 1. The summed E-state index contributed by atoms with van der Waals surface area (Å²) >= 11 is 0. The molecule has 0 bridgehead atoms. The van der Waals surface area contributed by atoms with E-state index in [4.69, 9.17) is 15.2 Å². The summed E-state index contributed by atoms with van der Waals surface area (Å²) in [6, 6.07) is 13.4. The van der Waals surface area contributed by atoms with Crippen molar-refractivity contribution >= 4 is 23.9 Å². The predicted molar refractivity (Wildman–Crippen MR) is 125 cm³/mol. The summed E-state index contributed by atoms with van der Waals surface area (Å²) in [6.07, 6.45) is 1.87. The van der Waals surface area contributed by atoms with Gasteiger partial charge in [-0.3, -0.25) is 14.4 Å². The number of para-hydroxylation sites is 1. The van der Waals surface area contributed by atoms with Crippen LogP contribution in [0.4, 0.5) is 0 Å². The van der Waals surface area contributed by atoms with Crippen LogP contribution in [-0.4, -0.2) is 43.2 Å². The molecule has 1 atom stereocenters. The van der Waals surface area contributed by atoms with Crippen LogP contribution < -0.4 is 25.9 Å². The smallest absolute Gasteiger partial charge is 0.262 e. The topological polar surface area (TPSA) is 132 Å². The number of benzene rings is 2. The fraction of sp³-hybridized carbons (Fsp3) is 0.333. The van der Waals surface area contributed by atoms with Crippen molar-refractivity contribution in [3.8, 4) is 11.5 Å². The maximum Gasteiger partial charge on any atom is 0.262 e. The van der Waals surface area contributed by atoms with Gasteiger partial charge in [0.15, 0.2) is 13.2 Å². The van der Waals surface area contributed by atoms with Gasteiger partial charge in [-0.25, -0.2) is 5.43 Å². The lowest BCUT2D eigenvalue weighted by molar-refractivity contribution is -0.130. The van der Waals surface area contributed by atoms with Crippen molar-refractivity contribution in [3.63, 3.8) is 0 Å². The van der Waals surface area contributed by atoms with Crippen molar-refractivity contribution in [2.24, 2.45) is 16.8 Å². The highest BCUT2D eigenvalue weighted by Gasteiger charge is 2.22. The quantitative estimate of drug-likeness (QED) is 0.333. The minimum Gasteiger partial charge on any atom is -0.484 e. The van der Waals surface area contributed by atoms with Crippen LogP contribution in [0, 0.1) is 12.8 Å². The van der Waals surface area contributed by atoms with Gasteiger partial charge in [0.05, 0.1) is 6.21 Å². The van der Waals surface area contributed by atoms with Crippen molar-refractivity contribution in [1.29, 1.82) is 0 Å². The first kappa shape index (κ1) is 25.4. The van der Waals surface area contributed by atoms with E-state index in [-0.39, 0.29) is 19.1 Å². The monoisotopic (exact) mass is 454 g/mol. The van der Waals surface area contributed by atoms with E-state index < -0.39 is 23.8 Å². The highest BCUT2D eigenvalue weighted by atomic mass is 16.5. The van der Waals surface area contributed by atoms with Gasteiger partial charge < -0.3 is 20.5 Å². The number of hydrogen-bond donors (Lipinski definition) is 3. The van der Waals surface area contributed by atoms with Gasteiger partial charge in [0, 0.05) is 0 Å². The van der Waals surface area contributed by atoms with Crippen LogP contribution in [0.3, 0.4) is 0 Å². The van der Waals surface area contributed by atoms with E-state index in [1.807, 2.05) is 39.0 Å². The number of nitrogens with two attached hydrogens (primary N) is 1. The highest BCUT2D eigenvalue weighted by molar-refractivity contribution is 5.89. The fourth-order valence-electron chi connectivity index (χ4n) is 2.89. The van der Waals surface area contributed by atoms with Crippen molar-refractivity contribution in [3.05, 3.63) is 59.7 Å². The van der Waals surface area contributed by atoms with E-state index in [1.165, 1.54) is 6.21 Å². The van der Waals surface area contributed by atoms with Crippen LogP contribution in [0.1, 0.15) is 31.4 Å². The lowest BCUT2D eigenvalue weighted by Gasteiger charge is -2.19. The molecule has 0 aliphatic carbocycles. The Morgan fingerprint density at radius 2 is 1.82 bits per heavy atom. The average molecular weight is 455 g/mol. The number of nitrogens with one attached hydrogen (secondary N) is 2. The first-order valence-corrected chi connectivity index (χ1v) is 10.6. The van der Waals surface area contributed by atoms with E-state index in [9.17, 15) is 14.4 Å². The van der Waals surface area contributed by atoms with Crippen LogP contribution in [-0.2, 0) is 14.4 Å². The first-order valence-electron chi connectivity index (χ1n) is 10.6. The van der Waals surface area contributed by atoms with Gasteiger partial charge in [0.2, 0.25) is 0 Å². The molecule has 176 valence electrons. The molecule has 33 heavy (non-hydrogen) atoms. The molecule has 0 saturated carbocycles. The molecule has 0 radical (unpaired) electrons. The Balaban J connectivity index is 1.92. The third-order valence-electron chi connectivity index (χ3n) is 4.44. The molecule has 3 amide bonds. The molecule has 0 aliphatic heterocycles. The van der Waals surface area contributed by atoms with Gasteiger partial charge in [0.25, 0.3) is 17.7 Å². The Hall–Kier alpha value is -3.88. The Kier molecular flexibility index (Phi) is 9.88. The van der Waals surface area contributed by atoms with Gasteiger partial charge in [-0.1, -0.05) is 44.2 Å². The third kappa shape index (κ3) is 9.42. The summed E-state index contributed by atoms with van der Waals surface area (Å²) in [7, 11) is 0. The van der Waals surface area contributed by atoms with E-state index in [0.29, 0.717) is 23.5 Å². The molecule has 0 heterocycles. The van der Waals surface area contributed by atoms with Crippen LogP contribution in [0.25, 0.3) is 0 Å². The Morgan fingerprint density at radius 1 is 1.06 bits per heavy atom. The van der Waals surface area contributed by atoms with Crippen LogP contribution in [0.15, 0.2) is 53.6 Å². The Bertz CT molecular complexity index is 990. The molecule has 0 saturated heterocycles. The summed E-state index contributed by atoms with van der Waals surface area (Å²) in [5.41, 5.74) is 9.09. The Morgan fingerprint density at radius 3 is 2.52 bits per heavy atom. The van der Waals surface area contributed by atoms with E-state index in [1.54, 1.807) is 30.3 Å². The molecule has 2 rings (SSSR count). The molecular weight excluding hydrogens is 424 g/mol. The zero-order valence-electron chi connectivity index (χ0n) is 19.0. The summed E-state index contributed by atoms with van der Waals surface area (Å²) in [5.74, 6) is -0.190. The molecule has 0 aromatic heterocycles. The van der Waals surface area contributed by atoms with Crippen molar-refractivity contribution in [2.75, 3.05) is 13.2 Å². The molecule has 2 aromatic rings. The molecule has 9 nitrogen and oxygen atoms in total. The summed E-state index contributed by atoms with van der Waals surface area (Å²) < 4.78 is 10.8. The number of carbonyl (C=O) groups excluding carboxylic acids is 3. The summed E-state index contributed by atoms with van der Waals surface area (Å²) in [6.45, 7) is 5.36. The van der Waals surface area contributed by atoms with Gasteiger partial charge in [0.1, 0.15) is 17.5 Å². The molecule has 9 heteroatoms. The van der Waals surface area contributed by atoms with Gasteiger partial charge in [-0.2, -0.15) is 5.10 Å². The van der Waals surface area contributed by atoms with Crippen LogP contribution >= 0.6 is 0 Å². The van der Waals surface area contributed by atoms with Crippen LogP contribution in [0.2, 0.25) is 0 Å². The maximum absolute atomic E-state index is 12.6. The van der Waals surface area contributed by atoms with Crippen molar-refractivity contribution in [2.45, 2.75) is 33.2 Å². The number of hydrogen-bond acceptors (Lipinski definition) is 6. The zero-order chi connectivity index (χ0) is 24.2. The molecular formula is C24H30N4O5. The maximum atomic E-state index is 12.6. The number of rotatable bonds is 12. The average Bonchev–Trinajstić information content (AvgIpc) is 2.76. The minimum absolute atomic E-state index is 0.168. The highest BCUT2D eigenvalue weighted by Crippen LogP contribution is 2.16. The molecule has 0 fully saturated rings. The molecule has 2 aromatic carbocycles. The zero-order valence-corrected chi connectivity index (χ0v) is 19.0. The molecule has 0 spiro atoms. The lowest BCUT2D eigenvalue weighted by atomic mass is 10.0. The predicted octanol–water partition coefficient (Wildman–Crippen LogP) is 1.92. The molecule has 4 N–H and O–H groups in total. The van der Waals surface area contributed by atoms with Crippen LogP contribution in [0.5, 0.6) is 11.5 Å². The number of ether oxygens (including phenoxy) is 2. The minimum atomic E-state index is -0.764. The first-order chi connectivity index (χ1) is 15.7. The number of hydrazone groups is 1. The number of carbonyl (C=O) groups is 3. The van der Waals surface area contributed by atoms with E-state index in [0.717, 1.165) is 5.56 Å².